The lowest BCUT2D eigenvalue weighted by atomic mass is 9.83. The van der Waals surface area contributed by atoms with E-state index in [1.54, 1.807) is 7.05 Å². The van der Waals surface area contributed by atoms with Crippen LogP contribution in [0, 0.1) is 11.8 Å². The molecule has 3 fully saturated rings. The zero-order valence-corrected chi connectivity index (χ0v) is 22.6. The molecule has 1 aromatic carbocycles. The second kappa shape index (κ2) is 11.4. The Morgan fingerprint density at radius 1 is 0.947 bits per heavy atom. The molecule has 2 saturated heterocycles. The smallest absolute Gasteiger partial charge is 0.341 e. The number of imidazole rings is 1. The van der Waals surface area contributed by atoms with Crippen LogP contribution in [0.4, 0.5) is 0 Å². The van der Waals surface area contributed by atoms with Crippen molar-refractivity contribution in [2.45, 2.75) is 89.5 Å². The Bertz CT molecular complexity index is 1230. The van der Waals surface area contributed by atoms with E-state index in [2.05, 4.69) is 0 Å². The van der Waals surface area contributed by atoms with Crippen molar-refractivity contribution in [3.05, 3.63) is 34.2 Å². The molecule has 5 rings (SSSR count). The molecular formula is C29H41N5O4. The Kier molecular flexibility index (Phi) is 8.02. The molecule has 1 saturated carbocycles. The second-order valence-corrected chi connectivity index (χ2v) is 11.5. The van der Waals surface area contributed by atoms with E-state index >= 15 is 0 Å². The number of aryl methyl sites for hydroxylation is 2. The van der Waals surface area contributed by atoms with Crippen LogP contribution in [0.3, 0.4) is 0 Å². The molecule has 1 aromatic heterocycles. The molecule has 0 spiro atoms. The molecule has 9 nitrogen and oxygen atoms in total. The van der Waals surface area contributed by atoms with Crippen molar-refractivity contribution in [3.8, 4) is 0 Å². The Labute approximate surface area is 223 Å². The number of benzene rings is 1. The first-order valence-corrected chi connectivity index (χ1v) is 14.5. The Hall–Kier alpha value is -2.94. The number of hydrogen-bond donors (Lipinski definition) is 1. The van der Waals surface area contributed by atoms with Crippen molar-refractivity contribution in [1.82, 2.24) is 14.1 Å². The molecule has 0 unspecified atom stereocenters. The molecule has 3 heterocycles. The molecule has 9 heteroatoms. The first-order valence-electron chi connectivity index (χ1n) is 14.5. The third-order valence-electron chi connectivity index (χ3n) is 9.00. The van der Waals surface area contributed by atoms with Gasteiger partial charge in [-0.3, -0.25) is 19.0 Å². The van der Waals surface area contributed by atoms with Gasteiger partial charge in [-0.2, -0.15) is 9.69 Å². The van der Waals surface area contributed by atoms with Crippen molar-refractivity contribution in [3.63, 3.8) is 0 Å². The third kappa shape index (κ3) is 5.30. The summed E-state index contributed by atoms with van der Waals surface area (Å²) < 4.78 is 2.75. The number of fused-ring (bicyclic) bond motifs is 1. The van der Waals surface area contributed by atoms with E-state index in [4.69, 9.17) is 5.73 Å². The fourth-order valence-corrected chi connectivity index (χ4v) is 6.62. The highest BCUT2D eigenvalue weighted by atomic mass is 16.2. The molecule has 2 aromatic rings. The second-order valence-electron chi connectivity index (χ2n) is 11.5. The molecule has 3 amide bonds. The maximum Gasteiger partial charge on any atom is 0.348 e. The van der Waals surface area contributed by atoms with Gasteiger partial charge in [-0.25, -0.2) is 4.79 Å². The van der Waals surface area contributed by atoms with Crippen molar-refractivity contribution in [1.29, 1.82) is 0 Å². The summed E-state index contributed by atoms with van der Waals surface area (Å²) in [5, 5.41) is 1.02. The lowest BCUT2D eigenvalue weighted by Gasteiger charge is -2.36. The number of nitrogens with two attached hydrogens (primary N) is 1. The summed E-state index contributed by atoms with van der Waals surface area (Å²) in [6.45, 7) is 1.61. The number of hydrogen-bond acceptors (Lipinski definition) is 5. The largest absolute Gasteiger partial charge is 0.348 e. The van der Waals surface area contributed by atoms with Gasteiger partial charge in [0, 0.05) is 33.0 Å². The van der Waals surface area contributed by atoms with E-state index in [9.17, 15) is 19.2 Å². The average Bonchev–Trinajstić information content (AvgIpc) is 3.18. The molecular weight excluding hydrogens is 482 g/mol. The third-order valence-corrected chi connectivity index (χ3v) is 9.00. The van der Waals surface area contributed by atoms with Gasteiger partial charge in [0.25, 0.3) is 0 Å². The minimum atomic E-state index is -0.384. The van der Waals surface area contributed by atoms with E-state index in [0.29, 0.717) is 23.8 Å². The molecule has 2 N–H and O–H groups in total. The lowest BCUT2D eigenvalue weighted by molar-refractivity contribution is -0.135. The zero-order chi connectivity index (χ0) is 26.8. The van der Waals surface area contributed by atoms with E-state index in [1.807, 2.05) is 23.1 Å². The van der Waals surface area contributed by atoms with Crippen LogP contribution >= 0.6 is 0 Å². The van der Waals surface area contributed by atoms with Gasteiger partial charge in [-0.05, 0) is 80.9 Å². The van der Waals surface area contributed by atoms with Gasteiger partial charge < -0.3 is 10.6 Å². The van der Waals surface area contributed by atoms with Crippen LogP contribution in [0.25, 0.3) is 11.0 Å². The molecule has 1 atom stereocenters. The van der Waals surface area contributed by atoms with Gasteiger partial charge in [0.05, 0.1) is 17.1 Å². The summed E-state index contributed by atoms with van der Waals surface area (Å²) in [5.74, 6) is 0.445. The van der Waals surface area contributed by atoms with Gasteiger partial charge in [0.15, 0.2) is 0 Å². The summed E-state index contributed by atoms with van der Waals surface area (Å²) >= 11 is 0. The van der Waals surface area contributed by atoms with Crippen molar-refractivity contribution >= 4 is 28.8 Å². The van der Waals surface area contributed by atoms with Crippen LogP contribution < -0.4 is 16.4 Å². The molecule has 38 heavy (non-hydrogen) atoms. The van der Waals surface area contributed by atoms with Crippen LogP contribution in [-0.4, -0.2) is 51.0 Å². The number of imide groups is 1. The summed E-state index contributed by atoms with van der Waals surface area (Å²) in [5.41, 5.74) is 8.42. The van der Waals surface area contributed by atoms with Crippen molar-refractivity contribution in [2.75, 3.05) is 18.1 Å². The highest BCUT2D eigenvalue weighted by Gasteiger charge is 2.32. The van der Waals surface area contributed by atoms with Crippen LogP contribution in [0.2, 0.25) is 0 Å². The SMILES string of the molecule is Cn1c(=O)n(N2C(=O)CCCC2=O)c2ccc(CCCC3CCN(C(=O)[C@@H](N)C4CCCCC4)CC3)cc21. The predicted octanol–water partition coefficient (Wildman–Crippen LogP) is 2.98. The van der Waals surface area contributed by atoms with Crippen LogP contribution in [0.15, 0.2) is 23.0 Å². The fourth-order valence-electron chi connectivity index (χ4n) is 6.62. The van der Waals surface area contributed by atoms with Gasteiger partial charge in [-0.1, -0.05) is 25.3 Å². The molecule has 206 valence electrons. The number of nitrogens with zero attached hydrogens (tertiary/aromatic N) is 4. The lowest BCUT2D eigenvalue weighted by Crippen LogP contribution is -2.52. The quantitative estimate of drug-likeness (QED) is 0.561. The highest BCUT2D eigenvalue weighted by molar-refractivity contribution is 6.10. The normalized spacial score (nSPS) is 20.9. The Balaban J connectivity index is 1.15. The van der Waals surface area contributed by atoms with Crippen molar-refractivity contribution in [2.24, 2.45) is 24.6 Å². The van der Waals surface area contributed by atoms with Crippen LogP contribution in [-0.2, 0) is 27.9 Å². The topological polar surface area (TPSA) is 111 Å². The minimum Gasteiger partial charge on any atom is -0.341 e. The first kappa shape index (κ1) is 26.7. The number of carbonyl (C=O) groups is 3. The molecule has 0 bridgehead atoms. The summed E-state index contributed by atoms with van der Waals surface area (Å²) in [6, 6.07) is 5.50. The monoisotopic (exact) mass is 523 g/mol. The number of amides is 3. The molecule has 1 aliphatic carbocycles. The summed E-state index contributed by atoms with van der Waals surface area (Å²) in [6.07, 6.45) is 12.0. The minimum absolute atomic E-state index is 0.147. The molecule has 3 aliphatic rings. The molecule has 0 radical (unpaired) electrons. The van der Waals surface area contributed by atoms with Crippen LogP contribution in [0.1, 0.15) is 82.6 Å². The predicted molar refractivity (Wildman–Crippen MR) is 146 cm³/mol. The maximum absolute atomic E-state index is 13.0. The van der Waals surface area contributed by atoms with E-state index < -0.39 is 0 Å². The van der Waals surface area contributed by atoms with Crippen molar-refractivity contribution < 1.29 is 14.4 Å². The number of piperidine rings is 2. The fraction of sp³-hybridized carbons (Fsp3) is 0.655. The van der Waals surface area contributed by atoms with E-state index in [0.717, 1.165) is 74.1 Å². The number of rotatable bonds is 7. The Morgan fingerprint density at radius 2 is 1.63 bits per heavy atom. The van der Waals surface area contributed by atoms with Gasteiger partial charge in [0.1, 0.15) is 0 Å². The summed E-state index contributed by atoms with van der Waals surface area (Å²) in [4.78, 5) is 52.8. The van der Waals surface area contributed by atoms with Crippen LogP contribution in [0.5, 0.6) is 0 Å². The maximum atomic E-state index is 13.0. The van der Waals surface area contributed by atoms with E-state index in [-0.39, 0.29) is 42.3 Å². The molecule has 2 aliphatic heterocycles. The summed E-state index contributed by atoms with van der Waals surface area (Å²) in [7, 11) is 1.68. The van der Waals surface area contributed by atoms with Gasteiger partial charge in [-0.15, -0.1) is 0 Å². The van der Waals surface area contributed by atoms with Gasteiger partial charge in [0.2, 0.25) is 17.7 Å². The standard InChI is InChI=1S/C29H41N5O4/c1-31-24-19-21(13-14-23(24)33(29(31)38)34-25(35)11-6-12-26(34)36)8-5-7-20-15-17-32(18-16-20)28(37)27(30)22-9-3-2-4-10-22/h13-14,19-20,22,27H,2-12,15-18,30H2,1H3/t27-/m0/s1. The number of aromatic nitrogens is 2. The number of likely N-dealkylation sites (tertiary alicyclic amines) is 1. The van der Waals surface area contributed by atoms with Gasteiger partial charge >= 0.3 is 5.69 Å². The van der Waals surface area contributed by atoms with E-state index in [1.165, 1.54) is 28.5 Å². The average molecular weight is 524 g/mol. The zero-order valence-electron chi connectivity index (χ0n) is 22.6. The number of carbonyl (C=O) groups excluding carboxylic acids is 3. The Morgan fingerprint density at radius 3 is 2.32 bits per heavy atom. The highest BCUT2D eigenvalue weighted by Crippen LogP contribution is 2.29. The first-order chi connectivity index (χ1) is 18.3.